The second-order valence-electron chi connectivity index (χ2n) is 5.08. The maximum atomic E-state index is 13.1. The molecule has 0 radical (unpaired) electrons. The van der Waals surface area contributed by atoms with E-state index in [9.17, 15) is 9.18 Å². The van der Waals surface area contributed by atoms with Crippen LogP contribution in [0.1, 0.15) is 30.1 Å². The van der Waals surface area contributed by atoms with E-state index in [0.717, 1.165) is 0 Å². The molecule has 19 heavy (non-hydrogen) atoms. The predicted octanol–water partition coefficient (Wildman–Crippen LogP) is 2.80. The Balaban J connectivity index is 1.88. The van der Waals surface area contributed by atoms with Crippen LogP contribution in [0.3, 0.4) is 0 Å². The van der Waals surface area contributed by atoms with Gasteiger partial charge in [-0.3, -0.25) is 9.69 Å². The maximum Gasteiger partial charge on any atom is 0.251 e. The summed E-state index contributed by atoms with van der Waals surface area (Å²) >= 11 is 3.08. The first-order chi connectivity index (χ1) is 8.99. The molecule has 1 fully saturated rings. The molecule has 0 heterocycles. The number of rotatable bonds is 5. The third-order valence-corrected chi connectivity index (χ3v) is 4.17. The van der Waals surface area contributed by atoms with E-state index in [2.05, 4.69) is 40.1 Å². The zero-order chi connectivity index (χ0) is 14.0. The lowest BCUT2D eigenvalue weighted by atomic mass is 10.2. The summed E-state index contributed by atoms with van der Waals surface area (Å²) in [6, 6.07) is 5.26. The van der Waals surface area contributed by atoms with Crippen LogP contribution in [0.15, 0.2) is 22.7 Å². The van der Waals surface area contributed by atoms with Crippen LogP contribution in [0.5, 0.6) is 0 Å². The summed E-state index contributed by atoms with van der Waals surface area (Å²) in [5, 5.41) is 2.89. The monoisotopic (exact) mass is 328 g/mol. The summed E-state index contributed by atoms with van der Waals surface area (Å²) in [7, 11) is 2.09. The van der Waals surface area contributed by atoms with Gasteiger partial charge in [-0.05, 0) is 60.9 Å². The number of hydrogen-bond donors (Lipinski definition) is 1. The molecule has 1 atom stereocenters. The highest BCUT2D eigenvalue weighted by molar-refractivity contribution is 9.10. The van der Waals surface area contributed by atoms with E-state index in [-0.39, 0.29) is 11.7 Å². The van der Waals surface area contributed by atoms with Gasteiger partial charge in [-0.1, -0.05) is 0 Å². The van der Waals surface area contributed by atoms with Crippen LogP contribution in [0.4, 0.5) is 4.39 Å². The highest BCUT2D eigenvalue weighted by atomic mass is 79.9. The van der Waals surface area contributed by atoms with Crippen LogP contribution in [0, 0.1) is 5.82 Å². The number of hydrogen-bond acceptors (Lipinski definition) is 2. The fourth-order valence-corrected chi connectivity index (χ4v) is 2.34. The molecule has 1 aromatic rings. The van der Waals surface area contributed by atoms with Gasteiger partial charge in [-0.25, -0.2) is 4.39 Å². The summed E-state index contributed by atoms with van der Waals surface area (Å²) in [6.45, 7) is 2.69. The predicted molar refractivity (Wildman–Crippen MR) is 76.7 cm³/mol. The van der Waals surface area contributed by atoms with Gasteiger partial charge in [0.15, 0.2) is 0 Å². The molecule has 104 valence electrons. The fraction of sp³-hybridized carbons (Fsp3) is 0.500. The maximum absolute atomic E-state index is 13.1. The molecular formula is C14H18BrFN2O. The Kier molecular flexibility index (Phi) is 4.58. The average molecular weight is 329 g/mol. The van der Waals surface area contributed by atoms with Gasteiger partial charge in [0.05, 0.1) is 4.47 Å². The number of likely N-dealkylation sites (N-methyl/N-ethyl adjacent to an activating group) is 1. The summed E-state index contributed by atoms with van der Waals surface area (Å²) in [4.78, 5) is 14.2. The molecule has 3 nitrogen and oxygen atoms in total. The van der Waals surface area contributed by atoms with Crippen LogP contribution in [0.25, 0.3) is 0 Å². The molecule has 1 unspecified atom stereocenters. The van der Waals surface area contributed by atoms with Gasteiger partial charge in [-0.15, -0.1) is 0 Å². The summed E-state index contributed by atoms with van der Waals surface area (Å²) in [5.74, 6) is -0.532. The second-order valence-corrected chi connectivity index (χ2v) is 5.94. The molecular weight excluding hydrogens is 311 g/mol. The fourth-order valence-electron chi connectivity index (χ4n) is 1.97. The Hall–Kier alpha value is -0.940. The second kappa shape index (κ2) is 6.01. The topological polar surface area (TPSA) is 32.3 Å². The molecule has 1 N–H and O–H groups in total. The highest BCUT2D eigenvalue weighted by Crippen LogP contribution is 2.26. The first-order valence-electron chi connectivity index (χ1n) is 6.44. The molecule has 0 aromatic heterocycles. The van der Waals surface area contributed by atoms with Gasteiger partial charge < -0.3 is 5.32 Å². The lowest BCUT2D eigenvalue weighted by Crippen LogP contribution is -2.41. The van der Waals surface area contributed by atoms with E-state index in [1.807, 2.05) is 0 Å². The third kappa shape index (κ3) is 3.76. The van der Waals surface area contributed by atoms with Crippen molar-refractivity contribution in [1.29, 1.82) is 0 Å². The number of carbonyl (C=O) groups excluding carboxylic acids is 1. The lowest BCUT2D eigenvalue weighted by molar-refractivity contribution is 0.0939. The molecule has 0 bridgehead atoms. The minimum Gasteiger partial charge on any atom is -0.350 e. The molecule has 5 heteroatoms. The molecule has 1 aliphatic rings. The average Bonchev–Trinajstić information content (AvgIpc) is 3.22. The lowest BCUT2D eigenvalue weighted by Gasteiger charge is -2.24. The van der Waals surface area contributed by atoms with Crippen LogP contribution >= 0.6 is 15.9 Å². The van der Waals surface area contributed by atoms with Gasteiger partial charge in [0.2, 0.25) is 0 Å². The minimum atomic E-state index is -0.363. The summed E-state index contributed by atoms with van der Waals surface area (Å²) < 4.78 is 13.4. The SMILES string of the molecule is CC(CNC(=O)c1ccc(F)c(Br)c1)N(C)C1CC1. The Morgan fingerprint density at radius 2 is 2.26 bits per heavy atom. The van der Waals surface area contributed by atoms with Gasteiger partial charge in [-0.2, -0.15) is 0 Å². The molecule has 2 rings (SSSR count). The van der Waals surface area contributed by atoms with E-state index >= 15 is 0 Å². The van der Waals surface area contributed by atoms with Crippen LogP contribution < -0.4 is 5.32 Å². The van der Waals surface area contributed by atoms with Crippen molar-refractivity contribution in [2.45, 2.75) is 31.8 Å². The van der Waals surface area contributed by atoms with Crippen LogP contribution in [0.2, 0.25) is 0 Å². The van der Waals surface area contributed by atoms with Crippen molar-refractivity contribution in [3.05, 3.63) is 34.1 Å². The number of amides is 1. The van der Waals surface area contributed by atoms with Crippen molar-refractivity contribution < 1.29 is 9.18 Å². The van der Waals surface area contributed by atoms with E-state index in [1.165, 1.54) is 31.0 Å². The summed E-state index contributed by atoms with van der Waals surface area (Å²) in [6.07, 6.45) is 2.50. The Morgan fingerprint density at radius 3 is 2.84 bits per heavy atom. The standard InChI is InChI=1S/C14H18BrFN2O/c1-9(18(2)11-4-5-11)8-17-14(19)10-3-6-13(16)12(15)7-10/h3,6-7,9,11H,4-5,8H2,1-2H3,(H,17,19). The largest absolute Gasteiger partial charge is 0.350 e. The van der Waals surface area contributed by atoms with E-state index in [1.54, 1.807) is 0 Å². The molecule has 1 aliphatic carbocycles. The van der Waals surface area contributed by atoms with E-state index in [4.69, 9.17) is 0 Å². The van der Waals surface area contributed by atoms with Crippen LogP contribution in [-0.2, 0) is 0 Å². The molecule has 0 saturated heterocycles. The van der Waals surface area contributed by atoms with E-state index < -0.39 is 0 Å². The molecule has 0 aliphatic heterocycles. The van der Waals surface area contributed by atoms with Crippen molar-refractivity contribution in [1.82, 2.24) is 10.2 Å². The van der Waals surface area contributed by atoms with Crippen molar-refractivity contribution in [2.75, 3.05) is 13.6 Å². The number of halogens is 2. The minimum absolute atomic E-state index is 0.170. The number of carbonyl (C=O) groups is 1. The van der Waals surface area contributed by atoms with Gasteiger partial charge in [0.25, 0.3) is 5.91 Å². The number of nitrogens with zero attached hydrogens (tertiary/aromatic N) is 1. The Morgan fingerprint density at radius 1 is 1.58 bits per heavy atom. The first-order valence-corrected chi connectivity index (χ1v) is 7.23. The smallest absolute Gasteiger partial charge is 0.251 e. The molecule has 1 amide bonds. The zero-order valence-corrected chi connectivity index (χ0v) is 12.7. The number of nitrogens with one attached hydrogen (secondary N) is 1. The molecule has 1 saturated carbocycles. The highest BCUT2D eigenvalue weighted by Gasteiger charge is 2.29. The van der Waals surface area contributed by atoms with Gasteiger partial charge in [0.1, 0.15) is 5.82 Å². The Labute approximate surface area is 121 Å². The van der Waals surface area contributed by atoms with Crippen molar-refractivity contribution in [3.63, 3.8) is 0 Å². The first kappa shape index (κ1) is 14.5. The van der Waals surface area contributed by atoms with Crippen LogP contribution in [-0.4, -0.2) is 36.5 Å². The third-order valence-electron chi connectivity index (χ3n) is 3.56. The van der Waals surface area contributed by atoms with Gasteiger partial charge >= 0.3 is 0 Å². The summed E-state index contributed by atoms with van der Waals surface area (Å²) in [5.41, 5.74) is 0.467. The van der Waals surface area contributed by atoms with Crippen molar-refractivity contribution in [2.24, 2.45) is 0 Å². The Bertz CT molecular complexity index is 477. The van der Waals surface area contributed by atoms with Gasteiger partial charge in [0, 0.05) is 24.2 Å². The molecule has 1 aromatic carbocycles. The normalized spacial score (nSPS) is 16.5. The zero-order valence-electron chi connectivity index (χ0n) is 11.1. The van der Waals surface area contributed by atoms with E-state index in [0.29, 0.717) is 28.7 Å². The van der Waals surface area contributed by atoms with Crippen molar-refractivity contribution >= 4 is 21.8 Å². The quantitative estimate of drug-likeness (QED) is 0.901. The van der Waals surface area contributed by atoms with Crippen molar-refractivity contribution in [3.8, 4) is 0 Å². The molecule has 0 spiro atoms. The number of benzene rings is 1.